The van der Waals surface area contributed by atoms with Crippen LogP contribution in [0.4, 0.5) is 13.9 Å². The molecule has 0 aliphatic heterocycles. The van der Waals surface area contributed by atoms with E-state index in [-0.39, 0.29) is 5.82 Å². The van der Waals surface area contributed by atoms with Crippen molar-refractivity contribution >= 4 is 31.0 Å². The topological polar surface area (TPSA) is 51.8 Å². The average Bonchev–Trinajstić information content (AvgIpc) is 2.85. The van der Waals surface area contributed by atoms with E-state index >= 15 is 0 Å². The van der Waals surface area contributed by atoms with Crippen molar-refractivity contribution in [1.82, 2.24) is 9.97 Å². The van der Waals surface area contributed by atoms with E-state index in [0.29, 0.717) is 32.3 Å². The Labute approximate surface area is 126 Å². The van der Waals surface area contributed by atoms with Gasteiger partial charge < -0.3 is 5.73 Å². The summed E-state index contributed by atoms with van der Waals surface area (Å²) in [4.78, 5) is 8.95. The van der Waals surface area contributed by atoms with Crippen LogP contribution in [0, 0.1) is 11.6 Å². The van der Waals surface area contributed by atoms with Crippen LogP contribution in [-0.2, 0) is 0 Å². The second-order valence-electron chi connectivity index (χ2n) is 4.33. The number of halogens is 2. The molecule has 1 aromatic carbocycles. The van der Waals surface area contributed by atoms with Crippen molar-refractivity contribution in [2.45, 2.75) is 0 Å². The van der Waals surface area contributed by atoms with Crippen LogP contribution in [0.2, 0.25) is 0 Å². The Morgan fingerprint density at radius 2 is 1.95 bits per heavy atom. The summed E-state index contributed by atoms with van der Waals surface area (Å²) in [7, 11) is 2.32. The van der Waals surface area contributed by atoms with Gasteiger partial charge >= 0.3 is 0 Å². The first-order valence-corrected chi connectivity index (χ1v) is 7.37. The molecule has 0 aliphatic carbocycles. The highest BCUT2D eigenvalue weighted by Crippen LogP contribution is 2.37. The number of pyridine rings is 1. The van der Waals surface area contributed by atoms with Crippen LogP contribution in [0.15, 0.2) is 36.5 Å². The quantitative estimate of drug-likeness (QED) is 0.737. The van der Waals surface area contributed by atoms with Gasteiger partial charge in [-0.25, -0.2) is 13.8 Å². The van der Waals surface area contributed by atoms with Crippen LogP contribution in [0.25, 0.3) is 21.8 Å². The molecule has 3 rings (SSSR count). The van der Waals surface area contributed by atoms with E-state index in [1.54, 1.807) is 18.2 Å². The van der Waals surface area contributed by atoms with Crippen molar-refractivity contribution in [3.8, 4) is 21.8 Å². The van der Waals surface area contributed by atoms with Crippen LogP contribution in [0.1, 0.15) is 0 Å². The molecule has 0 bridgehead atoms. The minimum absolute atomic E-state index is 0.345. The van der Waals surface area contributed by atoms with E-state index in [1.165, 1.54) is 23.5 Å². The van der Waals surface area contributed by atoms with Gasteiger partial charge in [-0.15, -0.1) is 9.24 Å². The van der Waals surface area contributed by atoms with Gasteiger partial charge in [0.05, 0.1) is 22.5 Å². The third kappa shape index (κ3) is 2.77. The maximum Gasteiger partial charge on any atom is 0.181 e. The Balaban J connectivity index is 2.15. The van der Waals surface area contributed by atoms with Crippen molar-refractivity contribution in [3.05, 3.63) is 48.2 Å². The molecule has 0 saturated heterocycles. The van der Waals surface area contributed by atoms with Gasteiger partial charge in [-0.05, 0) is 18.2 Å². The smallest absolute Gasteiger partial charge is 0.181 e. The molecule has 0 spiro atoms. The average molecular weight is 321 g/mol. The number of nitrogens with two attached hydrogens (primary N) is 1. The Kier molecular flexibility index (Phi) is 3.66. The van der Waals surface area contributed by atoms with E-state index in [0.717, 1.165) is 6.20 Å². The van der Waals surface area contributed by atoms with E-state index in [4.69, 9.17) is 5.73 Å². The third-order valence-corrected chi connectivity index (χ3v) is 4.25. The number of hydrogen-bond acceptors (Lipinski definition) is 4. The highest BCUT2D eigenvalue weighted by molar-refractivity contribution is 7.27. The summed E-state index contributed by atoms with van der Waals surface area (Å²) in [6.07, 6.45) is 1.13. The number of thiazole rings is 1. The Morgan fingerprint density at radius 3 is 2.62 bits per heavy atom. The molecule has 0 amide bonds. The zero-order valence-corrected chi connectivity index (χ0v) is 12.6. The van der Waals surface area contributed by atoms with Gasteiger partial charge in [0.25, 0.3) is 0 Å². The normalized spacial score (nSPS) is 10.8. The van der Waals surface area contributed by atoms with Gasteiger partial charge in [-0.3, -0.25) is 4.98 Å². The molecule has 3 aromatic rings. The second-order valence-corrected chi connectivity index (χ2v) is 5.98. The lowest BCUT2D eigenvalue weighted by atomic mass is 10.1. The molecule has 0 aliphatic rings. The minimum atomic E-state index is -0.420. The van der Waals surface area contributed by atoms with Crippen molar-refractivity contribution < 1.29 is 8.78 Å². The number of benzene rings is 1. The molecule has 2 aromatic heterocycles. The molecule has 21 heavy (non-hydrogen) atoms. The van der Waals surface area contributed by atoms with Gasteiger partial charge in [-0.2, -0.15) is 0 Å². The fourth-order valence-corrected chi connectivity index (χ4v) is 2.90. The Hall–Kier alpha value is -1.91. The lowest BCUT2D eigenvalue weighted by Crippen LogP contribution is -1.98. The number of hydrogen-bond donors (Lipinski definition) is 1. The minimum Gasteiger partial charge on any atom is -0.375 e. The largest absolute Gasteiger partial charge is 0.375 e. The van der Waals surface area contributed by atoms with Crippen molar-refractivity contribution in [1.29, 1.82) is 0 Å². The molecule has 0 fully saturated rings. The van der Waals surface area contributed by atoms with Crippen LogP contribution in [0.5, 0.6) is 0 Å². The summed E-state index contributed by atoms with van der Waals surface area (Å²) < 4.78 is 26.7. The standard InChI is InChI=1S/C14H10F2N3PS/c15-8-2-3-10(18-6-8)13-12(19-14(17)21-13)7-1-4-11(20)9(16)5-7/h1-6H,20H2,(H2,17,19). The van der Waals surface area contributed by atoms with Gasteiger partial charge in [0.1, 0.15) is 11.6 Å². The molecule has 2 N–H and O–H groups in total. The molecule has 3 nitrogen and oxygen atoms in total. The van der Waals surface area contributed by atoms with Crippen molar-refractivity contribution in [2.75, 3.05) is 5.73 Å². The van der Waals surface area contributed by atoms with Crippen LogP contribution < -0.4 is 11.0 Å². The van der Waals surface area contributed by atoms with Crippen LogP contribution in [0.3, 0.4) is 0 Å². The first kappa shape index (κ1) is 14.0. The van der Waals surface area contributed by atoms with Gasteiger partial charge in [0.15, 0.2) is 5.13 Å². The second kappa shape index (κ2) is 5.47. The number of anilines is 1. The van der Waals surface area contributed by atoms with Gasteiger partial charge in [-0.1, -0.05) is 23.5 Å². The summed E-state index contributed by atoms with van der Waals surface area (Å²) in [5.74, 6) is -0.765. The first-order valence-electron chi connectivity index (χ1n) is 5.98. The molecule has 7 heteroatoms. The third-order valence-electron chi connectivity index (χ3n) is 2.88. The molecular weight excluding hydrogens is 311 g/mol. The molecule has 1 atom stereocenters. The van der Waals surface area contributed by atoms with Crippen LogP contribution >= 0.6 is 20.6 Å². The van der Waals surface area contributed by atoms with Gasteiger partial charge in [0.2, 0.25) is 0 Å². The lowest BCUT2D eigenvalue weighted by Gasteiger charge is -2.03. The van der Waals surface area contributed by atoms with Crippen LogP contribution in [-0.4, -0.2) is 9.97 Å². The predicted molar refractivity (Wildman–Crippen MR) is 84.5 cm³/mol. The number of rotatable bonds is 2. The zero-order valence-electron chi connectivity index (χ0n) is 10.7. The number of aromatic nitrogens is 2. The summed E-state index contributed by atoms with van der Waals surface area (Å²) in [6.45, 7) is 0. The lowest BCUT2D eigenvalue weighted by molar-refractivity contribution is 0.622. The van der Waals surface area contributed by atoms with E-state index < -0.39 is 5.82 Å². The highest BCUT2D eigenvalue weighted by atomic mass is 32.1. The summed E-state index contributed by atoms with van der Waals surface area (Å²) in [6, 6.07) is 7.66. The SMILES string of the molecule is Nc1nc(-c2ccc(P)c(F)c2)c(-c2ccc(F)cn2)s1. The van der Waals surface area contributed by atoms with Gasteiger partial charge in [0, 0.05) is 10.9 Å². The molecule has 106 valence electrons. The summed E-state index contributed by atoms with van der Waals surface area (Å²) >= 11 is 1.23. The monoisotopic (exact) mass is 321 g/mol. The molecule has 0 saturated carbocycles. The molecule has 2 heterocycles. The van der Waals surface area contributed by atoms with Crippen molar-refractivity contribution in [2.24, 2.45) is 0 Å². The highest BCUT2D eigenvalue weighted by Gasteiger charge is 2.16. The Morgan fingerprint density at radius 1 is 1.14 bits per heavy atom. The summed E-state index contributed by atoms with van der Waals surface area (Å²) in [5.41, 5.74) is 7.46. The number of nitrogen functional groups attached to an aromatic ring is 1. The van der Waals surface area contributed by atoms with E-state index in [2.05, 4.69) is 19.2 Å². The number of nitrogens with zero attached hydrogens (tertiary/aromatic N) is 2. The molecular formula is C14H10F2N3PS. The molecule has 1 unspecified atom stereocenters. The molecule has 0 radical (unpaired) electrons. The maximum absolute atomic E-state index is 13.7. The van der Waals surface area contributed by atoms with E-state index in [1.807, 2.05) is 0 Å². The summed E-state index contributed by atoms with van der Waals surface area (Å²) in [5, 5.41) is 0.824. The predicted octanol–water partition coefficient (Wildman–Crippen LogP) is 3.23. The zero-order chi connectivity index (χ0) is 15.0. The first-order chi connectivity index (χ1) is 10.0. The fourth-order valence-electron chi connectivity index (χ4n) is 1.89. The Bertz CT molecular complexity index is 802. The van der Waals surface area contributed by atoms with Crippen molar-refractivity contribution in [3.63, 3.8) is 0 Å². The maximum atomic E-state index is 13.7. The fraction of sp³-hybridized carbons (Fsp3) is 0. The van der Waals surface area contributed by atoms with E-state index in [9.17, 15) is 8.78 Å².